The maximum absolute atomic E-state index is 11.2. The lowest BCUT2D eigenvalue weighted by atomic mass is 9.73. The van der Waals surface area contributed by atoms with Gasteiger partial charge in [0.05, 0.1) is 18.7 Å². The average molecular weight is 587 g/mol. The zero-order chi connectivity index (χ0) is 29.6. The van der Waals surface area contributed by atoms with Crippen molar-refractivity contribution in [3.8, 4) is 5.75 Å². The number of nitrogens with zero attached hydrogens (tertiary/aromatic N) is 2. The summed E-state index contributed by atoms with van der Waals surface area (Å²) in [5, 5.41) is 16.3. The molecule has 0 spiro atoms. The van der Waals surface area contributed by atoms with Crippen LogP contribution in [0.5, 0.6) is 5.75 Å². The van der Waals surface area contributed by atoms with E-state index < -0.39 is 14.0 Å². The number of pyridine rings is 1. The normalized spacial score (nSPS) is 21.6. The number of hydrogen-bond donors (Lipinski definition) is 1. The van der Waals surface area contributed by atoms with Crippen molar-refractivity contribution in [2.45, 2.75) is 25.0 Å². The molecule has 5 heteroatoms. The van der Waals surface area contributed by atoms with Crippen molar-refractivity contribution in [3.63, 3.8) is 0 Å². The number of piperidine rings is 3. The first kappa shape index (κ1) is 29.3. The third-order valence-corrected chi connectivity index (χ3v) is 11.3. The van der Waals surface area contributed by atoms with Crippen molar-refractivity contribution in [1.82, 2.24) is 9.88 Å². The van der Waals surface area contributed by atoms with E-state index in [2.05, 4.69) is 114 Å². The topological polar surface area (TPSA) is 45.6 Å². The molecule has 1 N–H and O–H groups in total. The van der Waals surface area contributed by atoms with Crippen LogP contribution in [0, 0.1) is 11.8 Å². The Bertz CT molecular complexity index is 1540. The van der Waals surface area contributed by atoms with E-state index in [0.717, 1.165) is 41.7 Å². The second-order valence-electron chi connectivity index (χ2n) is 11.3. The minimum Gasteiger partial charge on any atom is -0.497 e. The summed E-state index contributed by atoms with van der Waals surface area (Å²) >= 11 is 0. The fraction of sp³-hybridized carbons (Fsp3) is 0.237. The summed E-state index contributed by atoms with van der Waals surface area (Å²) in [5.41, 5.74) is 1.85. The van der Waals surface area contributed by atoms with Gasteiger partial charge in [-0.2, -0.15) is 0 Å². The molecule has 4 heterocycles. The van der Waals surface area contributed by atoms with Crippen LogP contribution in [-0.2, 0) is 0 Å². The van der Waals surface area contributed by atoms with Crippen LogP contribution in [0.3, 0.4) is 0 Å². The second kappa shape index (κ2) is 13.7. The standard InChI is InChI=1S/C20H24N2O2.C18H15P/c1-3-13-12-22-9-7-14(13)10-19(22)20(23)16-6-8-21-18-5-4-15(24-2)11-17(16)18;1-4-10-16(11-5-1)19(17-12-6-2-7-13-17)18-14-8-3-9-15-18/h3-6,8,11,13-14,19-20,23H,1,7,9-10,12H2,2H3;1-15H/t13-,14-,19-,20+;/m0./s1. The zero-order valence-corrected chi connectivity index (χ0v) is 25.6. The molecular weight excluding hydrogens is 547 g/mol. The van der Waals surface area contributed by atoms with Crippen LogP contribution in [0.25, 0.3) is 10.9 Å². The molecule has 0 unspecified atom stereocenters. The minimum atomic E-state index is -0.504. The summed E-state index contributed by atoms with van der Waals surface area (Å²) in [6.07, 6.45) is 5.62. The average Bonchev–Trinajstić information content (AvgIpc) is 3.09. The largest absolute Gasteiger partial charge is 0.497 e. The van der Waals surface area contributed by atoms with Crippen molar-refractivity contribution < 1.29 is 9.84 Å². The van der Waals surface area contributed by atoms with Gasteiger partial charge >= 0.3 is 0 Å². The van der Waals surface area contributed by atoms with E-state index in [1.54, 1.807) is 13.3 Å². The number of hydrogen-bond acceptors (Lipinski definition) is 4. The number of aliphatic hydroxyl groups excluding tert-OH is 1. The minimum absolute atomic E-state index is 0.178. The quantitative estimate of drug-likeness (QED) is 0.172. The molecular formula is C38H39N2O2P. The van der Waals surface area contributed by atoms with Crippen LogP contribution in [-0.4, -0.2) is 41.2 Å². The van der Waals surface area contributed by atoms with Gasteiger partial charge in [-0.25, -0.2) is 0 Å². The molecule has 0 aliphatic carbocycles. The summed E-state index contributed by atoms with van der Waals surface area (Å²) in [7, 11) is 1.22. The van der Waals surface area contributed by atoms with E-state index >= 15 is 0 Å². The number of methoxy groups -OCH3 is 1. The van der Waals surface area contributed by atoms with Crippen molar-refractivity contribution in [1.29, 1.82) is 0 Å². The molecule has 8 rings (SSSR count). The molecule has 218 valence electrons. The Morgan fingerprint density at radius 1 is 0.884 bits per heavy atom. The highest BCUT2D eigenvalue weighted by molar-refractivity contribution is 7.79. The van der Waals surface area contributed by atoms with Crippen LogP contribution in [0.2, 0.25) is 0 Å². The third kappa shape index (κ3) is 6.43. The first-order valence-corrected chi connectivity index (χ1v) is 16.4. The van der Waals surface area contributed by atoms with Crippen molar-refractivity contribution in [2.24, 2.45) is 11.8 Å². The molecule has 0 amide bonds. The van der Waals surface area contributed by atoms with Gasteiger partial charge in [0.25, 0.3) is 0 Å². The highest BCUT2D eigenvalue weighted by atomic mass is 31.1. The lowest BCUT2D eigenvalue weighted by Gasteiger charge is -2.50. The van der Waals surface area contributed by atoms with Crippen molar-refractivity contribution in [2.75, 3.05) is 20.2 Å². The molecule has 4 aromatic carbocycles. The van der Waals surface area contributed by atoms with Crippen LogP contribution in [0.1, 0.15) is 24.5 Å². The first-order chi connectivity index (χ1) is 21.2. The molecule has 2 bridgehead atoms. The predicted octanol–water partition coefficient (Wildman–Crippen LogP) is 6.62. The molecule has 4 nitrogen and oxygen atoms in total. The summed E-state index contributed by atoms with van der Waals surface area (Å²) in [6, 6.07) is 40.3. The SMILES string of the molecule is C=C[C@H]1C[N@]2CC[C@H]1C[C@H]2[C@H](O)c1ccnc2ccc(OC)cc12.c1ccc(P(c2ccccc2)c2ccccc2)cc1. The number of aliphatic hydroxyl groups is 1. The maximum Gasteiger partial charge on any atom is 0.119 e. The molecule has 3 aliphatic rings. The smallest absolute Gasteiger partial charge is 0.119 e. The van der Waals surface area contributed by atoms with Crippen LogP contribution < -0.4 is 20.7 Å². The van der Waals surface area contributed by atoms with Gasteiger partial charge in [0.15, 0.2) is 0 Å². The van der Waals surface area contributed by atoms with Crippen molar-refractivity contribution in [3.05, 3.63) is 140 Å². The van der Waals surface area contributed by atoms with Gasteiger partial charge in [-0.3, -0.25) is 9.88 Å². The Labute approximate surface area is 256 Å². The van der Waals surface area contributed by atoms with Gasteiger partial charge in [-0.15, -0.1) is 6.58 Å². The molecule has 3 saturated heterocycles. The van der Waals surface area contributed by atoms with Crippen LogP contribution in [0.15, 0.2) is 134 Å². The predicted molar refractivity (Wildman–Crippen MR) is 180 cm³/mol. The van der Waals surface area contributed by atoms with E-state index in [4.69, 9.17) is 4.74 Å². The molecule has 1 aromatic heterocycles. The Balaban J connectivity index is 0.000000157. The molecule has 5 atom stereocenters. The fourth-order valence-corrected chi connectivity index (χ4v) is 8.93. The summed E-state index contributed by atoms with van der Waals surface area (Å²) in [5.74, 6) is 2.01. The van der Waals surface area contributed by atoms with E-state index in [1.807, 2.05) is 24.3 Å². The number of rotatable bonds is 7. The Kier molecular flexibility index (Phi) is 9.29. The summed E-state index contributed by atoms with van der Waals surface area (Å²) in [4.78, 5) is 6.86. The zero-order valence-electron chi connectivity index (χ0n) is 24.7. The van der Waals surface area contributed by atoms with E-state index in [-0.39, 0.29) is 6.04 Å². The third-order valence-electron chi connectivity index (χ3n) is 8.86. The van der Waals surface area contributed by atoms with E-state index in [1.165, 1.54) is 22.3 Å². The molecule has 3 aliphatic heterocycles. The second-order valence-corrected chi connectivity index (χ2v) is 13.5. The fourth-order valence-electron chi connectivity index (χ4n) is 6.62. The molecule has 5 aromatic rings. The molecule has 3 fully saturated rings. The Morgan fingerprint density at radius 2 is 1.49 bits per heavy atom. The Hall–Kier alpha value is -3.82. The maximum atomic E-state index is 11.2. The number of fused-ring (bicyclic) bond motifs is 4. The van der Waals surface area contributed by atoms with Gasteiger partial charge in [-0.1, -0.05) is 97.1 Å². The number of benzene rings is 4. The Morgan fingerprint density at radius 3 is 2.00 bits per heavy atom. The molecule has 43 heavy (non-hydrogen) atoms. The van der Waals surface area contributed by atoms with Gasteiger partial charge in [0.1, 0.15) is 5.75 Å². The number of aromatic nitrogens is 1. The number of ether oxygens (including phenoxy) is 1. The van der Waals surface area contributed by atoms with Gasteiger partial charge in [0, 0.05) is 24.2 Å². The van der Waals surface area contributed by atoms with Gasteiger partial charge in [0.2, 0.25) is 0 Å². The monoisotopic (exact) mass is 586 g/mol. The van der Waals surface area contributed by atoms with Crippen LogP contribution >= 0.6 is 7.92 Å². The highest BCUT2D eigenvalue weighted by Crippen LogP contribution is 2.42. The van der Waals surface area contributed by atoms with E-state index in [9.17, 15) is 5.11 Å². The highest BCUT2D eigenvalue weighted by Gasteiger charge is 2.42. The molecule has 0 radical (unpaired) electrons. The van der Waals surface area contributed by atoms with E-state index in [0.29, 0.717) is 11.8 Å². The van der Waals surface area contributed by atoms with Crippen LogP contribution in [0.4, 0.5) is 0 Å². The lowest BCUT2D eigenvalue weighted by molar-refractivity contribution is -0.0444. The lowest BCUT2D eigenvalue weighted by Crippen LogP contribution is -2.54. The van der Waals surface area contributed by atoms with Crippen molar-refractivity contribution >= 4 is 34.7 Å². The first-order valence-electron chi connectivity index (χ1n) is 15.1. The summed E-state index contributed by atoms with van der Waals surface area (Å²) in [6.45, 7) is 6.07. The van der Waals surface area contributed by atoms with Gasteiger partial charge in [-0.05, 0) is 84.9 Å². The summed E-state index contributed by atoms with van der Waals surface area (Å²) < 4.78 is 5.35. The molecule has 0 saturated carbocycles. The van der Waals surface area contributed by atoms with Gasteiger partial charge < -0.3 is 9.84 Å².